The third kappa shape index (κ3) is 5.58. The molecule has 28 heavy (non-hydrogen) atoms. The average Bonchev–Trinajstić information content (AvgIpc) is 2.68. The number of ether oxygens (including phenoxy) is 1. The van der Waals surface area contributed by atoms with E-state index < -0.39 is 0 Å². The zero-order chi connectivity index (χ0) is 20.5. The van der Waals surface area contributed by atoms with Gasteiger partial charge in [0.2, 0.25) is 0 Å². The Morgan fingerprint density at radius 2 is 1.89 bits per heavy atom. The minimum Gasteiger partial charge on any atom is -0.509 e. The molecule has 1 N–H and O–H groups in total. The molecule has 0 atom stereocenters. The summed E-state index contributed by atoms with van der Waals surface area (Å²) in [6, 6.07) is 10.1. The molecule has 0 bridgehead atoms. The topological polar surface area (TPSA) is 41.8 Å². The highest BCUT2D eigenvalue weighted by atomic mass is 16.5. The molecule has 0 spiro atoms. The fourth-order valence-corrected chi connectivity index (χ4v) is 2.80. The third-order valence-corrected chi connectivity index (χ3v) is 4.19. The fraction of sp³-hybridized carbons (Fsp3) is 0.160. The maximum atomic E-state index is 9.29. The van der Waals surface area contributed by atoms with Gasteiger partial charge in [-0.2, -0.15) is 0 Å². The molecule has 0 aliphatic heterocycles. The van der Waals surface area contributed by atoms with Crippen LogP contribution in [0.3, 0.4) is 0 Å². The summed E-state index contributed by atoms with van der Waals surface area (Å²) in [6.07, 6.45) is 13.3. The van der Waals surface area contributed by atoms with Crippen LogP contribution in [0.25, 0.3) is 16.8 Å². The number of hydrogen-bond donors (Lipinski definition) is 1. The summed E-state index contributed by atoms with van der Waals surface area (Å²) in [5, 5.41) is 11.4. The molecule has 0 aliphatic rings. The zero-order valence-electron chi connectivity index (χ0n) is 16.9. The van der Waals surface area contributed by atoms with E-state index in [-0.39, 0.29) is 5.76 Å². The molecule has 0 saturated heterocycles. The Morgan fingerprint density at radius 1 is 1.11 bits per heavy atom. The van der Waals surface area contributed by atoms with E-state index in [2.05, 4.69) is 37.8 Å². The van der Waals surface area contributed by atoms with Gasteiger partial charge < -0.3 is 9.84 Å². The first-order valence-corrected chi connectivity index (χ1v) is 9.16. The van der Waals surface area contributed by atoms with Crippen molar-refractivity contribution in [2.24, 2.45) is 4.99 Å². The van der Waals surface area contributed by atoms with Crippen molar-refractivity contribution < 1.29 is 9.84 Å². The number of benzene rings is 2. The van der Waals surface area contributed by atoms with Gasteiger partial charge in [-0.3, -0.25) is 4.99 Å². The van der Waals surface area contributed by atoms with Crippen LogP contribution in [-0.4, -0.2) is 18.4 Å². The van der Waals surface area contributed by atoms with E-state index in [1.807, 2.05) is 44.2 Å². The van der Waals surface area contributed by atoms with E-state index in [9.17, 15) is 5.11 Å². The number of aliphatic hydroxyl groups is 1. The van der Waals surface area contributed by atoms with Crippen LogP contribution >= 0.6 is 0 Å². The van der Waals surface area contributed by atoms with Crippen molar-refractivity contribution in [3.63, 3.8) is 0 Å². The molecule has 0 saturated carbocycles. The monoisotopic (exact) mass is 373 g/mol. The van der Waals surface area contributed by atoms with Gasteiger partial charge >= 0.3 is 0 Å². The summed E-state index contributed by atoms with van der Waals surface area (Å²) in [5.41, 5.74) is 3.95. The fourth-order valence-electron chi connectivity index (χ4n) is 2.80. The van der Waals surface area contributed by atoms with Crippen molar-refractivity contribution in [1.82, 2.24) is 0 Å². The number of aliphatic hydroxyl groups excluding tert-OH is 1. The third-order valence-electron chi connectivity index (χ3n) is 4.19. The predicted molar refractivity (Wildman–Crippen MR) is 122 cm³/mol. The van der Waals surface area contributed by atoms with Gasteiger partial charge in [0.1, 0.15) is 11.5 Å². The molecule has 0 unspecified atom stereocenters. The van der Waals surface area contributed by atoms with Crippen LogP contribution in [0.15, 0.2) is 89.2 Å². The lowest BCUT2D eigenvalue weighted by Crippen LogP contribution is -1.86. The number of allylic oxidation sites excluding steroid dienone is 7. The van der Waals surface area contributed by atoms with Crippen LogP contribution in [0, 0.1) is 0 Å². The van der Waals surface area contributed by atoms with Gasteiger partial charge in [-0.05, 0) is 62.1 Å². The molecule has 0 amide bonds. The van der Waals surface area contributed by atoms with Crippen molar-refractivity contribution in [1.29, 1.82) is 0 Å². The lowest BCUT2D eigenvalue weighted by molar-refractivity contribution is 0.415. The largest absolute Gasteiger partial charge is 0.509 e. The molecule has 0 heterocycles. The van der Waals surface area contributed by atoms with Gasteiger partial charge in [-0.25, -0.2) is 0 Å². The lowest BCUT2D eigenvalue weighted by atomic mass is 10.0. The Morgan fingerprint density at radius 3 is 2.54 bits per heavy atom. The number of fused-ring (bicyclic) bond motifs is 1. The van der Waals surface area contributed by atoms with Crippen molar-refractivity contribution in [3.05, 3.63) is 89.8 Å². The predicted octanol–water partition coefficient (Wildman–Crippen LogP) is 7.10. The maximum absolute atomic E-state index is 9.29. The van der Waals surface area contributed by atoms with E-state index in [0.717, 1.165) is 38.9 Å². The smallest absolute Gasteiger partial charge is 0.119 e. The minimum atomic E-state index is 0.00982. The second-order valence-corrected chi connectivity index (χ2v) is 6.35. The van der Waals surface area contributed by atoms with Gasteiger partial charge in [0.15, 0.2) is 0 Å². The quantitative estimate of drug-likeness (QED) is 0.319. The normalized spacial score (nSPS) is 13.3. The Labute approximate surface area is 167 Å². The Bertz CT molecular complexity index is 1000. The Hall–Kier alpha value is -3.33. The molecule has 2 aromatic rings. The summed E-state index contributed by atoms with van der Waals surface area (Å²) in [5.74, 6) is 0.824. The van der Waals surface area contributed by atoms with Crippen molar-refractivity contribution >= 4 is 28.8 Å². The lowest BCUT2D eigenvalue weighted by Gasteiger charge is -2.09. The molecule has 144 valence electrons. The number of rotatable bonds is 7. The van der Waals surface area contributed by atoms with Gasteiger partial charge in [0.05, 0.1) is 12.8 Å². The summed E-state index contributed by atoms with van der Waals surface area (Å²) in [4.78, 5) is 4.79. The SMILES string of the molecule is C=C(O)\C=C/C(/C=N/c1c(/C=C(C)/C=C\C)ccc2cc(OC)ccc12)=C\C. The average molecular weight is 373 g/mol. The molecule has 3 heteroatoms. The molecule has 0 aliphatic carbocycles. The molecule has 3 nitrogen and oxygen atoms in total. The van der Waals surface area contributed by atoms with Crippen LogP contribution in [0.2, 0.25) is 0 Å². The van der Waals surface area contributed by atoms with Crippen LogP contribution in [0.5, 0.6) is 5.75 Å². The number of hydrogen-bond acceptors (Lipinski definition) is 3. The van der Waals surface area contributed by atoms with Gasteiger partial charge in [0.25, 0.3) is 0 Å². The zero-order valence-corrected chi connectivity index (χ0v) is 16.9. The highest BCUT2D eigenvalue weighted by Crippen LogP contribution is 2.34. The van der Waals surface area contributed by atoms with E-state index >= 15 is 0 Å². The number of nitrogens with zero attached hydrogens (tertiary/aromatic N) is 1. The molecule has 0 radical (unpaired) electrons. The van der Waals surface area contributed by atoms with Crippen molar-refractivity contribution in [2.45, 2.75) is 20.8 Å². The summed E-state index contributed by atoms with van der Waals surface area (Å²) in [7, 11) is 1.66. The van der Waals surface area contributed by atoms with Crippen LogP contribution in [0.1, 0.15) is 26.3 Å². The highest BCUT2D eigenvalue weighted by Gasteiger charge is 2.07. The van der Waals surface area contributed by atoms with Gasteiger partial charge in [-0.1, -0.05) is 48.6 Å². The summed E-state index contributed by atoms with van der Waals surface area (Å²) < 4.78 is 5.35. The van der Waals surface area contributed by atoms with Crippen molar-refractivity contribution in [3.8, 4) is 5.75 Å². The maximum Gasteiger partial charge on any atom is 0.119 e. The summed E-state index contributed by atoms with van der Waals surface area (Å²) in [6.45, 7) is 9.47. The van der Waals surface area contributed by atoms with Crippen LogP contribution in [-0.2, 0) is 0 Å². The first kappa shape index (κ1) is 21.0. The first-order chi connectivity index (χ1) is 13.5. The molecule has 2 rings (SSSR count). The summed E-state index contributed by atoms with van der Waals surface area (Å²) >= 11 is 0. The van der Waals surface area contributed by atoms with E-state index in [1.165, 1.54) is 0 Å². The molecule has 2 aromatic carbocycles. The standard InChI is InChI=1S/C25H27NO2/c1-6-8-18(3)15-22-12-11-21-16-23(28-5)13-14-24(21)25(22)26-17-20(7-2)10-9-19(4)27/h6-17,27H,4H2,1-3,5H3/b8-6-,10-9-,18-15+,20-7+,26-17+. The molecule has 0 aromatic heterocycles. The Balaban J connectivity index is 2.62. The number of aliphatic imine (C=N–C) groups is 1. The second kappa shape index (κ2) is 10.1. The van der Waals surface area contributed by atoms with E-state index in [0.29, 0.717) is 0 Å². The van der Waals surface area contributed by atoms with Crippen molar-refractivity contribution in [2.75, 3.05) is 7.11 Å². The van der Waals surface area contributed by atoms with Crippen LogP contribution < -0.4 is 4.74 Å². The van der Waals surface area contributed by atoms with Crippen LogP contribution in [0.4, 0.5) is 5.69 Å². The van der Waals surface area contributed by atoms with E-state index in [4.69, 9.17) is 9.73 Å². The molecular formula is C25H27NO2. The highest BCUT2D eigenvalue weighted by molar-refractivity contribution is 6.00. The van der Waals surface area contributed by atoms with Gasteiger partial charge in [0, 0.05) is 17.2 Å². The Kier molecular flexibility index (Phi) is 7.58. The molecular weight excluding hydrogens is 346 g/mol. The first-order valence-electron chi connectivity index (χ1n) is 9.16. The molecule has 0 fully saturated rings. The minimum absolute atomic E-state index is 0.00982. The van der Waals surface area contributed by atoms with E-state index in [1.54, 1.807) is 25.5 Å². The second-order valence-electron chi connectivity index (χ2n) is 6.35. The van der Waals surface area contributed by atoms with Gasteiger partial charge in [-0.15, -0.1) is 0 Å². The number of methoxy groups -OCH3 is 1.